The summed E-state index contributed by atoms with van der Waals surface area (Å²) in [6.45, 7) is 0. The van der Waals surface area contributed by atoms with Crippen LogP contribution in [0.3, 0.4) is 0 Å². The van der Waals surface area contributed by atoms with Crippen LogP contribution in [-0.4, -0.2) is 23.5 Å². The summed E-state index contributed by atoms with van der Waals surface area (Å²) < 4.78 is 0. The molecule has 0 spiro atoms. The molecule has 0 saturated carbocycles. The lowest BCUT2D eigenvalue weighted by atomic mass is 10.0. The van der Waals surface area contributed by atoms with Gasteiger partial charge in [-0.05, 0) is 90.2 Å². The van der Waals surface area contributed by atoms with E-state index in [0.29, 0.717) is 21.8 Å². The Morgan fingerprint density at radius 3 is 1.96 bits per heavy atom. The molecule has 0 atom stereocenters. The Bertz CT molecular complexity index is 1880. The molecule has 5 aromatic rings. The van der Waals surface area contributed by atoms with Gasteiger partial charge in [-0.1, -0.05) is 84.4 Å². The van der Waals surface area contributed by atoms with Crippen LogP contribution in [-0.2, 0) is 22.4 Å². The number of thioether (sulfide) groups is 1. The number of fused-ring (bicyclic) bond motifs is 2. The van der Waals surface area contributed by atoms with Gasteiger partial charge in [-0.2, -0.15) is 0 Å². The molecule has 0 bridgehead atoms. The van der Waals surface area contributed by atoms with E-state index in [0.717, 1.165) is 40.2 Å². The second-order valence-corrected chi connectivity index (χ2v) is 12.1. The number of nitrogens with one attached hydrogen (secondary N) is 2. The van der Waals surface area contributed by atoms with Crippen molar-refractivity contribution in [2.75, 3.05) is 16.0 Å². The van der Waals surface area contributed by atoms with Gasteiger partial charge in [-0.15, -0.1) is 11.8 Å². The number of aryl methyl sites for hydroxylation is 2. The normalized spacial score (nSPS) is 12.4. The maximum Gasteiger partial charge on any atom is 0.272 e. The molecule has 1 heterocycles. The third-order valence-corrected chi connectivity index (χ3v) is 8.93. The molecule has 6 rings (SSSR count). The first-order chi connectivity index (χ1) is 22.5. The van der Waals surface area contributed by atoms with Crippen molar-refractivity contribution in [2.24, 2.45) is 0 Å². The maximum absolute atomic E-state index is 13.7. The molecule has 2 N–H and O–H groups in total. The van der Waals surface area contributed by atoms with Gasteiger partial charge in [0.2, 0.25) is 5.91 Å². The number of carbonyl (C=O) groups is 3. The van der Waals surface area contributed by atoms with Crippen molar-refractivity contribution in [3.63, 3.8) is 0 Å². The van der Waals surface area contributed by atoms with Crippen LogP contribution >= 0.6 is 23.4 Å². The highest BCUT2D eigenvalue weighted by Gasteiger charge is 2.25. The van der Waals surface area contributed by atoms with Crippen LogP contribution in [0, 0.1) is 0 Å². The third-order valence-electron chi connectivity index (χ3n) is 7.59. The second-order valence-electron chi connectivity index (χ2n) is 10.7. The summed E-state index contributed by atoms with van der Waals surface area (Å²) >= 11 is 7.78. The van der Waals surface area contributed by atoms with E-state index in [1.807, 2.05) is 59.5 Å². The van der Waals surface area contributed by atoms with Gasteiger partial charge in [0, 0.05) is 21.2 Å². The third kappa shape index (κ3) is 7.23. The number of carbonyl (C=O) groups excluding carboxylic acids is 3. The molecular formula is C38H30ClN3O3S. The number of halogens is 1. The van der Waals surface area contributed by atoms with Gasteiger partial charge in [0.25, 0.3) is 11.8 Å². The van der Waals surface area contributed by atoms with Crippen LogP contribution in [0.5, 0.6) is 0 Å². The van der Waals surface area contributed by atoms with E-state index < -0.39 is 11.8 Å². The van der Waals surface area contributed by atoms with Gasteiger partial charge < -0.3 is 10.6 Å². The van der Waals surface area contributed by atoms with Crippen molar-refractivity contribution >= 4 is 64.2 Å². The molecule has 0 radical (unpaired) electrons. The van der Waals surface area contributed by atoms with E-state index in [1.54, 1.807) is 66.7 Å². The molecule has 228 valence electrons. The zero-order valence-electron chi connectivity index (χ0n) is 24.8. The van der Waals surface area contributed by atoms with Crippen LogP contribution in [0.4, 0.5) is 17.1 Å². The van der Waals surface area contributed by atoms with E-state index >= 15 is 0 Å². The molecule has 1 aliphatic heterocycles. The van der Waals surface area contributed by atoms with Gasteiger partial charge in [-0.25, -0.2) is 0 Å². The van der Waals surface area contributed by atoms with Crippen LogP contribution in [0.2, 0.25) is 5.02 Å². The maximum atomic E-state index is 13.7. The first-order valence-corrected chi connectivity index (χ1v) is 16.2. The van der Waals surface area contributed by atoms with E-state index in [2.05, 4.69) is 22.8 Å². The van der Waals surface area contributed by atoms with Gasteiger partial charge in [-0.3, -0.25) is 19.3 Å². The van der Waals surface area contributed by atoms with Crippen molar-refractivity contribution in [1.29, 1.82) is 0 Å². The average molecular weight is 644 g/mol. The molecule has 3 amide bonds. The van der Waals surface area contributed by atoms with Crippen molar-refractivity contribution < 1.29 is 14.4 Å². The summed E-state index contributed by atoms with van der Waals surface area (Å²) in [5.41, 5.74) is 5.75. The zero-order chi connectivity index (χ0) is 31.9. The summed E-state index contributed by atoms with van der Waals surface area (Å²) in [6, 6.07) is 39.2. The fourth-order valence-corrected chi connectivity index (χ4v) is 6.22. The molecule has 0 aliphatic carbocycles. The van der Waals surface area contributed by atoms with Gasteiger partial charge in [0.15, 0.2) is 0 Å². The molecule has 1 aliphatic rings. The van der Waals surface area contributed by atoms with E-state index in [1.165, 1.54) is 11.8 Å². The Morgan fingerprint density at radius 1 is 0.717 bits per heavy atom. The topological polar surface area (TPSA) is 78.5 Å². The standard InChI is InChI=1S/C38H30ClN3O3S/c39-32-15-7-4-14-29(32)24-33(41-37(44)28-12-2-1-3-13-28)38(45)40-30-20-22-31(23-21-30)46-25-36(43)42-34-16-8-5-10-26(34)18-19-27-11-6-9-17-35(27)42/h1-17,20-24H,18-19,25H2,(H,40,45)(H,41,44)/b33-24-. The molecule has 0 saturated heterocycles. The Balaban J connectivity index is 1.15. The Labute approximate surface area is 277 Å². The number of hydrogen-bond donors (Lipinski definition) is 2. The minimum absolute atomic E-state index is 0.00677. The van der Waals surface area contributed by atoms with E-state index in [4.69, 9.17) is 11.6 Å². The largest absolute Gasteiger partial charge is 0.321 e. The van der Waals surface area contributed by atoms with Crippen molar-refractivity contribution in [1.82, 2.24) is 5.32 Å². The van der Waals surface area contributed by atoms with Crippen LogP contribution in [0.15, 0.2) is 138 Å². The van der Waals surface area contributed by atoms with Gasteiger partial charge in [0.1, 0.15) is 5.70 Å². The Hall–Kier alpha value is -5.11. The smallest absolute Gasteiger partial charge is 0.272 e. The molecule has 0 unspecified atom stereocenters. The average Bonchev–Trinajstić information content (AvgIpc) is 3.26. The summed E-state index contributed by atoms with van der Waals surface area (Å²) in [7, 11) is 0. The second kappa shape index (κ2) is 14.3. The number of para-hydroxylation sites is 2. The minimum atomic E-state index is -0.502. The highest BCUT2D eigenvalue weighted by molar-refractivity contribution is 8.00. The predicted octanol–water partition coefficient (Wildman–Crippen LogP) is 8.31. The minimum Gasteiger partial charge on any atom is -0.321 e. The fourth-order valence-electron chi connectivity index (χ4n) is 5.28. The number of hydrogen-bond acceptors (Lipinski definition) is 4. The summed E-state index contributed by atoms with van der Waals surface area (Å²) in [6.07, 6.45) is 3.30. The molecule has 46 heavy (non-hydrogen) atoms. The van der Waals surface area contributed by atoms with E-state index in [9.17, 15) is 14.4 Å². The molecule has 5 aromatic carbocycles. The fraction of sp³-hybridized carbons (Fsp3) is 0.0789. The number of anilines is 3. The van der Waals surface area contributed by atoms with E-state index in [-0.39, 0.29) is 17.4 Å². The summed E-state index contributed by atoms with van der Waals surface area (Å²) in [5.74, 6) is -0.684. The van der Waals surface area contributed by atoms with Crippen molar-refractivity contribution in [2.45, 2.75) is 17.7 Å². The van der Waals surface area contributed by atoms with Gasteiger partial charge in [0.05, 0.1) is 17.1 Å². The molecule has 6 nitrogen and oxygen atoms in total. The van der Waals surface area contributed by atoms with Crippen molar-refractivity contribution in [3.8, 4) is 0 Å². The highest BCUT2D eigenvalue weighted by atomic mass is 35.5. The molecular weight excluding hydrogens is 614 g/mol. The number of benzene rings is 5. The molecule has 8 heteroatoms. The van der Waals surface area contributed by atoms with Crippen LogP contribution < -0.4 is 15.5 Å². The number of amides is 3. The quantitative estimate of drug-likeness (QED) is 0.132. The SMILES string of the molecule is O=C(Nc1ccc(SCC(=O)N2c3ccccc3CCc3ccccc32)cc1)/C(=C/c1ccccc1Cl)NC(=O)c1ccccc1. The van der Waals surface area contributed by atoms with Crippen LogP contribution in [0.25, 0.3) is 6.08 Å². The highest BCUT2D eigenvalue weighted by Crippen LogP contribution is 2.37. The number of rotatable bonds is 8. The molecule has 0 fully saturated rings. The Kier molecular flexibility index (Phi) is 9.62. The Morgan fingerprint density at radius 2 is 1.30 bits per heavy atom. The monoisotopic (exact) mass is 643 g/mol. The molecule has 0 aromatic heterocycles. The summed E-state index contributed by atoms with van der Waals surface area (Å²) in [4.78, 5) is 42.8. The lowest BCUT2D eigenvalue weighted by molar-refractivity contribution is -0.115. The first-order valence-electron chi connectivity index (χ1n) is 14.8. The van der Waals surface area contributed by atoms with Gasteiger partial charge >= 0.3 is 0 Å². The van der Waals surface area contributed by atoms with Crippen molar-refractivity contribution in [3.05, 3.63) is 160 Å². The predicted molar refractivity (Wildman–Crippen MR) is 187 cm³/mol. The summed E-state index contributed by atoms with van der Waals surface area (Å²) in [5, 5.41) is 6.04. The lowest BCUT2D eigenvalue weighted by Gasteiger charge is -2.25. The van der Waals surface area contributed by atoms with Crippen LogP contribution in [0.1, 0.15) is 27.0 Å². The number of nitrogens with zero attached hydrogens (tertiary/aromatic N) is 1. The first kappa shape index (κ1) is 30.9. The zero-order valence-corrected chi connectivity index (χ0v) is 26.4. The lowest BCUT2D eigenvalue weighted by Crippen LogP contribution is -2.30.